The lowest BCUT2D eigenvalue weighted by Gasteiger charge is -2.22. The first-order valence-electron chi connectivity index (χ1n) is 8.10. The summed E-state index contributed by atoms with van der Waals surface area (Å²) in [6, 6.07) is 8.97. The highest BCUT2D eigenvalue weighted by atomic mass is 32.2. The summed E-state index contributed by atoms with van der Waals surface area (Å²) in [6.07, 6.45) is 0. The molecule has 4 rings (SSSR count). The molecule has 8 nitrogen and oxygen atoms in total. The van der Waals surface area contributed by atoms with Crippen LogP contribution >= 0.6 is 0 Å². The zero-order valence-electron chi connectivity index (χ0n) is 13.9. The van der Waals surface area contributed by atoms with Gasteiger partial charge in [-0.2, -0.15) is 0 Å². The van der Waals surface area contributed by atoms with Gasteiger partial charge in [-0.05, 0) is 36.4 Å². The van der Waals surface area contributed by atoms with Gasteiger partial charge in [-0.15, -0.1) is 0 Å². The molecule has 0 aromatic heterocycles. The molecule has 0 radical (unpaired) electrons. The number of nitrogens with zero attached hydrogens (tertiary/aromatic N) is 3. The van der Waals surface area contributed by atoms with Crippen LogP contribution in [0.1, 0.15) is 0 Å². The minimum atomic E-state index is -3.36. The molecule has 2 aliphatic rings. The molecule has 27 heavy (non-hydrogen) atoms. The van der Waals surface area contributed by atoms with Crippen molar-refractivity contribution in [3.63, 3.8) is 0 Å². The molecule has 2 amide bonds. The van der Waals surface area contributed by atoms with Crippen molar-refractivity contribution in [1.82, 2.24) is 0 Å². The van der Waals surface area contributed by atoms with Gasteiger partial charge in [0.05, 0.1) is 28.5 Å². The van der Waals surface area contributed by atoms with E-state index in [0.717, 1.165) is 0 Å². The first-order chi connectivity index (χ1) is 12.8. The van der Waals surface area contributed by atoms with Crippen LogP contribution in [-0.2, 0) is 9.84 Å². The standard InChI is InChI=1S/C17H14FN3O5S/c18-11-1-3-12(4-2-11)19-15-9-27(25,26)10-16(15)20(17(19)22)13-5-7-14(8-6-13)21(23)24/h1-8,15-16H,9-10H2/t15-,16-/m0/s1. The molecule has 2 atom stereocenters. The zero-order chi connectivity index (χ0) is 19.3. The number of hydrogen-bond donors (Lipinski definition) is 0. The monoisotopic (exact) mass is 391 g/mol. The highest BCUT2D eigenvalue weighted by Gasteiger charge is 2.54. The number of urea groups is 1. The maximum atomic E-state index is 13.2. The van der Waals surface area contributed by atoms with Crippen LogP contribution < -0.4 is 9.80 Å². The quantitative estimate of drug-likeness (QED) is 0.454. The first kappa shape index (κ1) is 17.4. The van der Waals surface area contributed by atoms with E-state index in [1.807, 2.05) is 0 Å². The maximum absolute atomic E-state index is 13.2. The van der Waals surface area contributed by atoms with Crippen LogP contribution in [0.3, 0.4) is 0 Å². The van der Waals surface area contributed by atoms with E-state index in [9.17, 15) is 27.7 Å². The third kappa shape index (κ3) is 2.91. The maximum Gasteiger partial charge on any atom is 0.329 e. The molecule has 2 aromatic carbocycles. The molecule has 2 aliphatic heterocycles. The number of sulfone groups is 1. The van der Waals surface area contributed by atoms with Crippen molar-refractivity contribution in [3.8, 4) is 0 Å². The minimum absolute atomic E-state index is 0.128. The average molecular weight is 391 g/mol. The molecule has 2 fully saturated rings. The average Bonchev–Trinajstić information content (AvgIpc) is 3.05. The van der Waals surface area contributed by atoms with E-state index < -0.39 is 38.7 Å². The number of halogens is 1. The van der Waals surface area contributed by atoms with Gasteiger partial charge in [0.1, 0.15) is 5.82 Å². The van der Waals surface area contributed by atoms with Crippen molar-refractivity contribution in [2.45, 2.75) is 12.1 Å². The summed E-state index contributed by atoms with van der Waals surface area (Å²) in [5.41, 5.74) is 0.650. The summed E-state index contributed by atoms with van der Waals surface area (Å²) in [7, 11) is -3.36. The van der Waals surface area contributed by atoms with E-state index in [0.29, 0.717) is 11.4 Å². The van der Waals surface area contributed by atoms with E-state index in [1.54, 1.807) is 0 Å². The molecule has 0 spiro atoms. The smallest absolute Gasteiger partial charge is 0.288 e. The molecule has 0 bridgehead atoms. The Morgan fingerprint density at radius 1 is 0.926 bits per heavy atom. The van der Waals surface area contributed by atoms with Gasteiger partial charge < -0.3 is 0 Å². The van der Waals surface area contributed by atoms with Gasteiger partial charge in [-0.3, -0.25) is 19.9 Å². The summed E-state index contributed by atoms with van der Waals surface area (Å²) in [4.78, 5) is 26.1. The largest absolute Gasteiger partial charge is 0.329 e. The summed E-state index contributed by atoms with van der Waals surface area (Å²) in [5, 5.41) is 10.8. The van der Waals surface area contributed by atoms with Crippen LogP contribution in [0.25, 0.3) is 0 Å². The third-order valence-electron chi connectivity index (χ3n) is 4.81. The van der Waals surface area contributed by atoms with E-state index >= 15 is 0 Å². The Bertz CT molecular complexity index is 1020. The predicted octanol–water partition coefficient (Wildman–Crippen LogP) is 2.35. The molecule has 0 unspecified atom stereocenters. The fraction of sp³-hybridized carbons (Fsp3) is 0.235. The molecule has 2 saturated heterocycles. The first-order valence-corrected chi connectivity index (χ1v) is 9.92. The van der Waals surface area contributed by atoms with Crippen molar-refractivity contribution in [1.29, 1.82) is 0 Å². The van der Waals surface area contributed by atoms with E-state index in [2.05, 4.69) is 0 Å². The number of rotatable bonds is 3. The molecule has 0 saturated carbocycles. The van der Waals surface area contributed by atoms with Crippen LogP contribution in [0.2, 0.25) is 0 Å². The Kier molecular flexibility index (Phi) is 3.88. The number of fused-ring (bicyclic) bond motifs is 1. The topological polar surface area (TPSA) is 101 Å². The van der Waals surface area contributed by atoms with Gasteiger partial charge >= 0.3 is 6.03 Å². The minimum Gasteiger partial charge on any atom is -0.288 e. The van der Waals surface area contributed by atoms with Crippen molar-refractivity contribution in [2.24, 2.45) is 0 Å². The fourth-order valence-electron chi connectivity index (χ4n) is 3.64. The van der Waals surface area contributed by atoms with E-state index in [1.165, 1.54) is 58.3 Å². The molecule has 10 heteroatoms. The van der Waals surface area contributed by atoms with Crippen LogP contribution in [0.15, 0.2) is 48.5 Å². The normalized spacial score (nSPS) is 23.5. The van der Waals surface area contributed by atoms with Gasteiger partial charge in [-0.1, -0.05) is 0 Å². The number of carbonyl (C=O) groups excluding carboxylic acids is 1. The number of benzene rings is 2. The van der Waals surface area contributed by atoms with Crippen LogP contribution in [0.4, 0.5) is 26.2 Å². The molecular formula is C17H14FN3O5S. The summed E-state index contributed by atoms with van der Waals surface area (Å²) in [5.74, 6) is -0.851. The number of anilines is 2. The number of nitro benzene ring substituents is 1. The van der Waals surface area contributed by atoms with Gasteiger partial charge in [0.15, 0.2) is 9.84 Å². The van der Waals surface area contributed by atoms with Crippen molar-refractivity contribution >= 4 is 32.9 Å². The Labute approximate surface area is 153 Å². The molecule has 0 aliphatic carbocycles. The Balaban J connectivity index is 1.76. The lowest BCUT2D eigenvalue weighted by Crippen LogP contribution is -2.37. The van der Waals surface area contributed by atoms with Crippen molar-refractivity contribution in [2.75, 3.05) is 21.3 Å². The van der Waals surface area contributed by atoms with Gasteiger partial charge in [0.2, 0.25) is 0 Å². The second-order valence-electron chi connectivity index (χ2n) is 6.48. The lowest BCUT2D eigenvalue weighted by molar-refractivity contribution is -0.384. The number of carbonyl (C=O) groups is 1. The third-order valence-corrected chi connectivity index (χ3v) is 6.51. The van der Waals surface area contributed by atoms with Crippen LogP contribution in [0, 0.1) is 15.9 Å². The van der Waals surface area contributed by atoms with Crippen molar-refractivity contribution < 1.29 is 22.5 Å². The van der Waals surface area contributed by atoms with Gasteiger partial charge in [0, 0.05) is 23.5 Å². The van der Waals surface area contributed by atoms with Crippen LogP contribution in [-0.4, -0.2) is 43.0 Å². The highest BCUT2D eigenvalue weighted by Crippen LogP contribution is 2.38. The fourth-order valence-corrected chi connectivity index (χ4v) is 5.56. The SMILES string of the molecule is O=C1N(c2ccc(F)cc2)[C@H]2CS(=O)(=O)C[C@@H]2N1c1ccc([N+](=O)[O-])cc1. The molecular weight excluding hydrogens is 377 g/mol. The highest BCUT2D eigenvalue weighted by molar-refractivity contribution is 7.91. The van der Waals surface area contributed by atoms with Gasteiger partial charge in [-0.25, -0.2) is 17.6 Å². The second-order valence-corrected chi connectivity index (χ2v) is 8.64. The number of nitro groups is 1. The summed E-state index contributed by atoms with van der Waals surface area (Å²) in [6.45, 7) is 0. The number of hydrogen-bond acceptors (Lipinski definition) is 5. The Morgan fingerprint density at radius 3 is 1.81 bits per heavy atom. The number of amides is 2. The Hall–Kier alpha value is -3.01. The predicted molar refractivity (Wildman–Crippen MR) is 96.1 cm³/mol. The zero-order valence-corrected chi connectivity index (χ0v) is 14.7. The molecule has 2 aromatic rings. The molecule has 0 N–H and O–H groups in total. The van der Waals surface area contributed by atoms with Crippen molar-refractivity contribution in [3.05, 3.63) is 64.5 Å². The number of non-ortho nitro benzene ring substituents is 1. The van der Waals surface area contributed by atoms with Crippen LogP contribution in [0.5, 0.6) is 0 Å². The summed E-state index contributed by atoms with van der Waals surface area (Å²) < 4.78 is 37.6. The lowest BCUT2D eigenvalue weighted by atomic mass is 10.1. The van der Waals surface area contributed by atoms with E-state index in [4.69, 9.17) is 0 Å². The Morgan fingerprint density at radius 2 is 1.37 bits per heavy atom. The molecule has 140 valence electrons. The van der Waals surface area contributed by atoms with Gasteiger partial charge in [0.25, 0.3) is 5.69 Å². The van der Waals surface area contributed by atoms with E-state index in [-0.39, 0.29) is 17.2 Å². The molecule has 2 heterocycles. The second kappa shape index (κ2) is 6.02. The summed E-state index contributed by atoms with van der Waals surface area (Å²) >= 11 is 0.